The molecule has 0 aromatic heterocycles. The van der Waals surface area contributed by atoms with Crippen molar-refractivity contribution in [3.05, 3.63) is 0 Å². The predicted molar refractivity (Wildman–Crippen MR) is 63.2 cm³/mol. The first-order valence-electron chi connectivity index (χ1n) is 6.39. The fourth-order valence-electron chi connectivity index (χ4n) is 4.03. The van der Waals surface area contributed by atoms with Crippen LogP contribution in [-0.4, -0.2) is 36.1 Å². The van der Waals surface area contributed by atoms with E-state index in [2.05, 4.69) is 25.8 Å². The minimum absolute atomic E-state index is 0.373. The Hall–Kier alpha value is -0.570. The summed E-state index contributed by atoms with van der Waals surface area (Å²) in [5.41, 5.74) is 0. The number of likely N-dealkylation sites (tertiary alicyclic amines) is 1. The third-order valence-corrected chi connectivity index (χ3v) is 4.76. The van der Waals surface area contributed by atoms with E-state index in [1.807, 2.05) is 0 Å². The lowest BCUT2D eigenvalue weighted by Crippen LogP contribution is -2.53. The summed E-state index contributed by atoms with van der Waals surface area (Å²) in [6.07, 6.45) is 1.65. The molecule has 0 amide bonds. The zero-order valence-electron chi connectivity index (χ0n) is 10.5. The van der Waals surface area contributed by atoms with Gasteiger partial charge in [-0.1, -0.05) is 13.8 Å². The average molecular weight is 225 g/mol. The van der Waals surface area contributed by atoms with Gasteiger partial charge in [0.2, 0.25) is 0 Å². The number of aliphatic carboxylic acids is 1. The summed E-state index contributed by atoms with van der Waals surface area (Å²) in [5, 5.41) is 9.05. The van der Waals surface area contributed by atoms with Crippen molar-refractivity contribution in [2.24, 2.45) is 29.6 Å². The van der Waals surface area contributed by atoms with Gasteiger partial charge in [0.15, 0.2) is 0 Å². The Morgan fingerprint density at radius 1 is 1.25 bits per heavy atom. The summed E-state index contributed by atoms with van der Waals surface area (Å²) in [6, 6.07) is 0. The van der Waals surface area contributed by atoms with Crippen molar-refractivity contribution in [1.29, 1.82) is 0 Å². The molecule has 0 aromatic rings. The minimum atomic E-state index is -0.620. The number of carbonyl (C=O) groups is 1. The molecule has 0 spiro atoms. The Morgan fingerprint density at radius 2 is 1.75 bits per heavy atom. The third kappa shape index (κ3) is 2.10. The van der Waals surface area contributed by atoms with Gasteiger partial charge in [-0.25, -0.2) is 0 Å². The molecule has 92 valence electrons. The van der Waals surface area contributed by atoms with Crippen LogP contribution in [0.25, 0.3) is 0 Å². The third-order valence-electron chi connectivity index (χ3n) is 4.76. The fourth-order valence-corrected chi connectivity index (χ4v) is 4.03. The Kier molecular flexibility index (Phi) is 3.24. The van der Waals surface area contributed by atoms with Gasteiger partial charge < -0.3 is 10.0 Å². The van der Waals surface area contributed by atoms with Crippen LogP contribution in [0.5, 0.6) is 0 Å². The second-order valence-corrected chi connectivity index (χ2v) is 6.00. The van der Waals surface area contributed by atoms with Gasteiger partial charge in [-0.05, 0) is 43.1 Å². The van der Waals surface area contributed by atoms with Gasteiger partial charge in [-0.2, -0.15) is 0 Å². The summed E-state index contributed by atoms with van der Waals surface area (Å²) >= 11 is 0. The maximum Gasteiger partial charge on any atom is 0.303 e. The van der Waals surface area contributed by atoms with Gasteiger partial charge in [0.25, 0.3) is 0 Å². The topological polar surface area (TPSA) is 40.5 Å². The predicted octanol–water partition coefficient (Wildman–Crippen LogP) is 1.93. The highest BCUT2D eigenvalue weighted by molar-refractivity contribution is 5.67. The lowest BCUT2D eigenvalue weighted by Gasteiger charge is -2.51. The molecule has 0 aromatic carbocycles. The lowest BCUT2D eigenvalue weighted by molar-refractivity contribution is -0.142. The molecule has 1 heterocycles. The maximum atomic E-state index is 11.0. The number of piperidine rings is 1. The first-order valence-corrected chi connectivity index (χ1v) is 6.39. The van der Waals surface area contributed by atoms with E-state index < -0.39 is 5.97 Å². The molecule has 2 aliphatic rings. The number of carboxylic acid groups (broad SMARTS) is 1. The van der Waals surface area contributed by atoms with E-state index in [-0.39, 0.29) is 0 Å². The van der Waals surface area contributed by atoms with Crippen LogP contribution in [0.15, 0.2) is 0 Å². The molecular weight excluding hydrogens is 202 g/mol. The molecule has 2 unspecified atom stereocenters. The quantitative estimate of drug-likeness (QED) is 0.780. The van der Waals surface area contributed by atoms with Crippen molar-refractivity contribution in [1.82, 2.24) is 4.90 Å². The largest absolute Gasteiger partial charge is 0.481 e. The molecule has 3 nitrogen and oxygen atoms in total. The molecule has 2 rings (SSSR count). The van der Waals surface area contributed by atoms with Crippen LogP contribution in [0, 0.1) is 29.6 Å². The minimum Gasteiger partial charge on any atom is -0.481 e. The normalized spacial score (nSPS) is 44.3. The first-order chi connectivity index (χ1) is 7.49. The fraction of sp³-hybridized carbons (Fsp3) is 0.923. The maximum absolute atomic E-state index is 11.0. The van der Waals surface area contributed by atoms with Crippen LogP contribution < -0.4 is 0 Å². The molecule has 1 aliphatic heterocycles. The van der Waals surface area contributed by atoms with Crippen molar-refractivity contribution in [2.45, 2.75) is 26.7 Å². The monoisotopic (exact) mass is 225 g/mol. The summed E-state index contributed by atoms with van der Waals surface area (Å²) in [5.74, 6) is 2.34. The Morgan fingerprint density at radius 3 is 2.19 bits per heavy atom. The van der Waals surface area contributed by atoms with E-state index >= 15 is 0 Å². The standard InChI is InChI=1S/C13H23NO2/c1-8-4-9(2)12-7-14(3)6-11(8)10(12)5-13(15)16/h8-12H,4-7H2,1-3H3,(H,15,16)/t8-,9-,10?,11?,12?/m1/s1. The lowest BCUT2D eigenvalue weighted by atomic mass is 9.59. The smallest absolute Gasteiger partial charge is 0.303 e. The van der Waals surface area contributed by atoms with Crippen molar-refractivity contribution < 1.29 is 9.90 Å². The SMILES string of the molecule is C[C@@H]1C[C@@H](C)C2CN(C)CC1C2CC(=O)O. The highest BCUT2D eigenvalue weighted by Gasteiger charge is 2.45. The van der Waals surface area contributed by atoms with Gasteiger partial charge in [-0.15, -0.1) is 0 Å². The molecule has 1 aliphatic carbocycles. The molecule has 1 saturated carbocycles. The van der Waals surface area contributed by atoms with Crippen molar-refractivity contribution in [3.8, 4) is 0 Å². The summed E-state index contributed by atoms with van der Waals surface area (Å²) < 4.78 is 0. The van der Waals surface area contributed by atoms with E-state index in [1.54, 1.807) is 0 Å². The van der Waals surface area contributed by atoms with Crippen LogP contribution in [0.1, 0.15) is 26.7 Å². The van der Waals surface area contributed by atoms with Crippen LogP contribution in [0.4, 0.5) is 0 Å². The zero-order chi connectivity index (χ0) is 11.9. The summed E-state index contributed by atoms with van der Waals surface area (Å²) in [6.45, 7) is 6.77. The number of nitrogens with zero attached hydrogens (tertiary/aromatic N) is 1. The number of rotatable bonds is 2. The van der Waals surface area contributed by atoms with Crippen LogP contribution in [0.2, 0.25) is 0 Å². The molecule has 1 N–H and O–H groups in total. The molecule has 4 atom stereocenters. The number of fused-ring (bicyclic) bond motifs is 2. The molecule has 0 radical (unpaired) electrons. The number of hydrogen-bond acceptors (Lipinski definition) is 2. The van der Waals surface area contributed by atoms with Gasteiger partial charge >= 0.3 is 5.97 Å². The molecule has 1 saturated heterocycles. The molecule has 2 bridgehead atoms. The average Bonchev–Trinajstić information content (AvgIpc) is 2.16. The Labute approximate surface area is 97.8 Å². The van der Waals surface area contributed by atoms with Crippen LogP contribution >= 0.6 is 0 Å². The summed E-state index contributed by atoms with van der Waals surface area (Å²) in [7, 11) is 2.17. The van der Waals surface area contributed by atoms with E-state index in [9.17, 15) is 4.79 Å². The molecule has 3 heteroatoms. The number of carboxylic acids is 1. The van der Waals surface area contributed by atoms with E-state index in [0.29, 0.717) is 36.0 Å². The van der Waals surface area contributed by atoms with Gasteiger partial charge in [0.1, 0.15) is 0 Å². The number of hydrogen-bond donors (Lipinski definition) is 1. The summed E-state index contributed by atoms with van der Waals surface area (Å²) in [4.78, 5) is 13.4. The van der Waals surface area contributed by atoms with Crippen molar-refractivity contribution >= 4 is 5.97 Å². The Balaban J connectivity index is 2.18. The molecule has 2 fully saturated rings. The van der Waals surface area contributed by atoms with Gasteiger partial charge in [0.05, 0.1) is 0 Å². The van der Waals surface area contributed by atoms with Crippen molar-refractivity contribution in [2.75, 3.05) is 20.1 Å². The Bertz CT molecular complexity index is 261. The molecule has 16 heavy (non-hydrogen) atoms. The highest BCUT2D eigenvalue weighted by Crippen LogP contribution is 2.46. The second kappa shape index (κ2) is 4.36. The highest BCUT2D eigenvalue weighted by atomic mass is 16.4. The van der Waals surface area contributed by atoms with E-state index in [1.165, 1.54) is 6.42 Å². The molecular formula is C13H23NO2. The van der Waals surface area contributed by atoms with E-state index in [4.69, 9.17) is 5.11 Å². The second-order valence-electron chi connectivity index (χ2n) is 6.00. The first kappa shape index (κ1) is 11.9. The zero-order valence-corrected chi connectivity index (χ0v) is 10.5. The van der Waals surface area contributed by atoms with Crippen molar-refractivity contribution in [3.63, 3.8) is 0 Å². The van der Waals surface area contributed by atoms with Crippen LogP contribution in [-0.2, 0) is 4.79 Å². The van der Waals surface area contributed by atoms with Crippen LogP contribution in [0.3, 0.4) is 0 Å². The van der Waals surface area contributed by atoms with E-state index in [0.717, 1.165) is 13.1 Å². The van der Waals surface area contributed by atoms with Gasteiger partial charge in [0, 0.05) is 19.5 Å². The van der Waals surface area contributed by atoms with Gasteiger partial charge in [-0.3, -0.25) is 4.79 Å².